The minimum Gasteiger partial charge on any atom is -0.486 e. The molecule has 0 fully saturated rings. The lowest BCUT2D eigenvalue weighted by Gasteiger charge is -2.21. The van der Waals surface area contributed by atoms with Gasteiger partial charge in [0.05, 0.1) is 12.5 Å². The Bertz CT molecular complexity index is 694. The average Bonchev–Trinajstić information content (AvgIpc) is 2.56. The third-order valence-corrected chi connectivity index (χ3v) is 3.93. The minimum absolute atomic E-state index is 0.0104. The van der Waals surface area contributed by atoms with E-state index in [9.17, 15) is 4.79 Å². The van der Waals surface area contributed by atoms with Gasteiger partial charge in [-0.1, -0.05) is 35.9 Å². The summed E-state index contributed by atoms with van der Waals surface area (Å²) in [6.07, 6.45) is 0.384. The lowest BCUT2D eigenvalue weighted by atomic mass is 10.1. The van der Waals surface area contributed by atoms with Crippen molar-refractivity contribution in [3.63, 3.8) is 0 Å². The third kappa shape index (κ3) is 3.83. The predicted molar refractivity (Wildman–Crippen MR) is 88.9 cm³/mol. The van der Waals surface area contributed by atoms with Crippen molar-refractivity contribution in [2.75, 3.05) is 13.2 Å². The molecule has 1 aliphatic heterocycles. The molecule has 1 aliphatic rings. The molecule has 4 nitrogen and oxygen atoms in total. The number of hydrogen-bond donors (Lipinski definition) is 1. The van der Waals surface area contributed by atoms with Gasteiger partial charge in [-0.05, 0) is 37.1 Å². The number of ether oxygens (including phenoxy) is 2. The summed E-state index contributed by atoms with van der Waals surface area (Å²) in [5.41, 5.74) is 3.22. The van der Waals surface area contributed by atoms with E-state index in [-0.39, 0.29) is 11.9 Å². The maximum atomic E-state index is 12.2. The van der Waals surface area contributed by atoms with Gasteiger partial charge in [0.15, 0.2) is 11.5 Å². The molecule has 120 valence electrons. The van der Waals surface area contributed by atoms with Crippen LogP contribution in [0.2, 0.25) is 0 Å². The molecule has 0 bridgehead atoms. The fraction of sp³-hybridized carbons (Fsp3) is 0.316. The third-order valence-electron chi connectivity index (χ3n) is 3.93. The summed E-state index contributed by atoms with van der Waals surface area (Å²) in [5, 5.41) is 3.03. The van der Waals surface area contributed by atoms with Crippen LogP contribution in [0.5, 0.6) is 11.5 Å². The number of rotatable bonds is 4. The molecule has 3 rings (SSSR count). The Balaban J connectivity index is 1.63. The number of carbonyl (C=O) groups excluding carboxylic acids is 1. The van der Waals surface area contributed by atoms with Gasteiger partial charge in [-0.2, -0.15) is 0 Å². The minimum atomic E-state index is -0.0798. The van der Waals surface area contributed by atoms with E-state index in [1.54, 1.807) is 0 Å². The summed E-state index contributed by atoms with van der Waals surface area (Å²) in [5.74, 6) is 1.52. The van der Waals surface area contributed by atoms with Gasteiger partial charge in [-0.25, -0.2) is 0 Å². The van der Waals surface area contributed by atoms with E-state index in [4.69, 9.17) is 9.47 Å². The van der Waals surface area contributed by atoms with Crippen molar-refractivity contribution in [1.82, 2.24) is 5.32 Å². The first kappa shape index (κ1) is 15.4. The Morgan fingerprint density at radius 2 is 1.78 bits per heavy atom. The first-order chi connectivity index (χ1) is 11.1. The monoisotopic (exact) mass is 311 g/mol. The van der Waals surface area contributed by atoms with E-state index in [2.05, 4.69) is 5.32 Å². The van der Waals surface area contributed by atoms with Crippen molar-refractivity contribution in [2.24, 2.45) is 0 Å². The quantitative estimate of drug-likeness (QED) is 0.943. The molecule has 1 heterocycles. The van der Waals surface area contributed by atoms with Crippen LogP contribution in [0.4, 0.5) is 0 Å². The molecular formula is C19H21NO3. The van der Waals surface area contributed by atoms with E-state index < -0.39 is 0 Å². The summed E-state index contributed by atoms with van der Waals surface area (Å²) in [6, 6.07) is 13.7. The summed E-state index contributed by atoms with van der Waals surface area (Å²) in [7, 11) is 0. The predicted octanol–water partition coefficient (Wildman–Crippen LogP) is 3.19. The van der Waals surface area contributed by atoms with Crippen molar-refractivity contribution in [3.05, 3.63) is 59.2 Å². The number of amides is 1. The van der Waals surface area contributed by atoms with Gasteiger partial charge in [0.2, 0.25) is 5.91 Å². The molecular weight excluding hydrogens is 290 g/mol. The molecule has 1 amide bonds. The molecule has 2 aromatic rings. The average molecular weight is 311 g/mol. The van der Waals surface area contributed by atoms with Crippen molar-refractivity contribution < 1.29 is 14.3 Å². The largest absolute Gasteiger partial charge is 0.486 e. The van der Waals surface area contributed by atoms with Gasteiger partial charge in [0.25, 0.3) is 0 Å². The van der Waals surface area contributed by atoms with E-state index in [1.165, 1.54) is 5.56 Å². The fourth-order valence-electron chi connectivity index (χ4n) is 2.60. The molecule has 1 N–H and O–H groups in total. The SMILES string of the molecule is Cc1ccc(CC(=O)N[C@@H](C)c2ccc3c(c2)OCCO3)cc1. The Labute approximate surface area is 136 Å². The molecule has 0 saturated carbocycles. The molecule has 0 unspecified atom stereocenters. The Hall–Kier alpha value is -2.49. The van der Waals surface area contributed by atoms with Crippen LogP contribution in [0.25, 0.3) is 0 Å². The van der Waals surface area contributed by atoms with Gasteiger partial charge in [0.1, 0.15) is 13.2 Å². The number of hydrogen-bond acceptors (Lipinski definition) is 3. The molecule has 0 spiro atoms. The highest BCUT2D eigenvalue weighted by atomic mass is 16.6. The summed E-state index contributed by atoms with van der Waals surface area (Å²) in [6.45, 7) is 5.14. The van der Waals surface area contributed by atoms with Crippen LogP contribution in [-0.4, -0.2) is 19.1 Å². The van der Waals surface area contributed by atoms with Gasteiger partial charge in [0, 0.05) is 0 Å². The van der Waals surface area contributed by atoms with Crippen molar-refractivity contribution >= 4 is 5.91 Å². The maximum absolute atomic E-state index is 12.2. The number of nitrogens with one attached hydrogen (secondary N) is 1. The normalized spacial score (nSPS) is 14.2. The van der Waals surface area contributed by atoms with Gasteiger partial charge in [-0.3, -0.25) is 4.79 Å². The summed E-state index contributed by atoms with van der Waals surface area (Å²) < 4.78 is 11.1. The number of carbonyl (C=O) groups is 1. The van der Waals surface area contributed by atoms with Crippen LogP contribution in [0.1, 0.15) is 29.7 Å². The van der Waals surface area contributed by atoms with Crippen LogP contribution in [-0.2, 0) is 11.2 Å². The standard InChI is InChI=1S/C19H21NO3/c1-13-3-5-15(6-4-13)11-19(21)20-14(2)16-7-8-17-18(12-16)23-10-9-22-17/h3-8,12,14H,9-11H2,1-2H3,(H,20,21)/t14-/m0/s1. The van der Waals surface area contributed by atoms with Crippen molar-refractivity contribution in [2.45, 2.75) is 26.3 Å². The van der Waals surface area contributed by atoms with Crippen molar-refractivity contribution in [3.8, 4) is 11.5 Å². The van der Waals surface area contributed by atoms with Crippen LogP contribution in [0, 0.1) is 6.92 Å². The first-order valence-corrected chi connectivity index (χ1v) is 7.86. The van der Waals surface area contributed by atoms with Crippen LogP contribution < -0.4 is 14.8 Å². The molecule has 0 saturated heterocycles. The highest BCUT2D eigenvalue weighted by Gasteiger charge is 2.15. The number of fused-ring (bicyclic) bond motifs is 1. The van der Waals surface area contributed by atoms with Crippen LogP contribution >= 0.6 is 0 Å². The highest BCUT2D eigenvalue weighted by molar-refractivity contribution is 5.79. The number of benzene rings is 2. The van der Waals surface area contributed by atoms with Gasteiger partial charge in [-0.15, -0.1) is 0 Å². The zero-order valence-corrected chi connectivity index (χ0v) is 13.5. The van der Waals surface area contributed by atoms with E-state index >= 15 is 0 Å². The lowest BCUT2D eigenvalue weighted by molar-refractivity contribution is -0.121. The van der Waals surface area contributed by atoms with E-state index in [1.807, 2.05) is 56.3 Å². The molecule has 2 aromatic carbocycles. The van der Waals surface area contributed by atoms with Gasteiger partial charge < -0.3 is 14.8 Å². The zero-order valence-electron chi connectivity index (χ0n) is 13.5. The molecule has 0 radical (unpaired) electrons. The van der Waals surface area contributed by atoms with E-state index in [0.29, 0.717) is 19.6 Å². The molecule has 0 aromatic heterocycles. The molecule has 23 heavy (non-hydrogen) atoms. The smallest absolute Gasteiger partial charge is 0.224 e. The second-order valence-corrected chi connectivity index (χ2v) is 5.85. The van der Waals surface area contributed by atoms with Crippen LogP contribution in [0.3, 0.4) is 0 Å². The molecule has 4 heteroatoms. The second kappa shape index (κ2) is 6.73. The number of aryl methyl sites for hydroxylation is 1. The molecule has 1 atom stereocenters. The maximum Gasteiger partial charge on any atom is 0.224 e. The molecule has 0 aliphatic carbocycles. The van der Waals surface area contributed by atoms with Crippen molar-refractivity contribution in [1.29, 1.82) is 0 Å². The Kier molecular flexibility index (Phi) is 4.51. The van der Waals surface area contributed by atoms with Gasteiger partial charge >= 0.3 is 0 Å². The summed E-state index contributed by atoms with van der Waals surface area (Å²) in [4.78, 5) is 12.2. The Morgan fingerprint density at radius 1 is 1.09 bits per heavy atom. The first-order valence-electron chi connectivity index (χ1n) is 7.86. The van der Waals surface area contributed by atoms with E-state index in [0.717, 1.165) is 22.6 Å². The second-order valence-electron chi connectivity index (χ2n) is 5.85. The lowest BCUT2D eigenvalue weighted by Crippen LogP contribution is -2.28. The Morgan fingerprint density at radius 3 is 2.52 bits per heavy atom. The fourth-order valence-corrected chi connectivity index (χ4v) is 2.60. The summed E-state index contributed by atoms with van der Waals surface area (Å²) >= 11 is 0. The topological polar surface area (TPSA) is 47.6 Å². The highest BCUT2D eigenvalue weighted by Crippen LogP contribution is 2.32. The van der Waals surface area contributed by atoms with Crippen LogP contribution in [0.15, 0.2) is 42.5 Å². The zero-order chi connectivity index (χ0) is 16.2.